The Morgan fingerprint density at radius 2 is 2.00 bits per heavy atom. The van der Waals surface area contributed by atoms with Gasteiger partial charge in [-0.2, -0.15) is 10.5 Å². The smallest absolute Gasteiger partial charge is 0.213 e. The Kier molecular flexibility index (Phi) is 5.16. The van der Waals surface area contributed by atoms with Gasteiger partial charge in [0.25, 0.3) is 0 Å². The van der Waals surface area contributed by atoms with E-state index < -0.39 is 0 Å². The lowest BCUT2D eigenvalue weighted by Gasteiger charge is -2.03. The lowest BCUT2D eigenvalue weighted by atomic mass is 10.3. The molecule has 0 aromatic heterocycles. The predicted octanol–water partition coefficient (Wildman–Crippen LogP) is -0.397. The molecule has 0 atom stereocenters. The van der Waals surface area contributed by atoms with E-state index >= 15 is 0 Å². The van der Waals surface area contributed by atoms with Crippen LogP contribution in [0.25, 0.3) is 0 Å². The van der Waals surface area contributed by atoms with Crippen LogP contribution in [0.1, 0.15) is 6.42 Å². The van der Waals surface area contributed by atoms with Gasteiger partial charge in [-0.15, -0.1) is 0 Å². The Bertz CT molecular complexity index is 230. The Balaban J connectivity index is 4.02. The highest BCUT2D eigenvalue weighted by molar-refractivity contribution is 5.36. The van der Waals surface area contributed by atoms with E-state index in [1.165, 1.54) is 0 Å². The minimum Gasteiger partial charge on any atom is -0.478 e. The Morgan fingerprint density at radius 1 is 1.42 bits per heavy atom. The molecule has 0 spiro atoms. The zero-order valence-electron chi connectivity index (χ0n) is 6.45. The maximum absolute atomic E-state index is 8.37. The summed E-state index contributed by atoms with van der Waals surface area (Å²) in [6.45, 7) is 0.191. The molecule has 0 saturated carbocycles. The summed E-state index contributed by atoms with van der Waals surface area (Å²) in [5, 5.41) is 25.0. The van der Waals surface area contributed by atoms with E-state index in [4.69, 9.17) is 26.1 Å². The first-order valence-electron chi connectivity index (χ1n) is 3.29. The number of hydrogen-bond donors (Lipinski definition) is 2. The SMILES string of the molecule is N#CC(C#N)=C(N)OCCCO. The molecular weight excluding hydrogens is 158 g/mol. The third kappa shape index (κ3) is 3.45. The highest BCUT2D eigenvalue weighted by Gasteiger charge is 2.01. The Hall–Kier alpha value is -1.72. The number of nitriles is 2. The molecule has 0 heterocycles. The van der Waals surface area contributed by atoms with Gasteiger partial charge in [0.1, 0.15) is 12.1 Å². The summed E-state index contributed by atoms with van der Waals surface area (Å²) in [4.78, 5) is 0. The van der Waals surface area contributed by atoms with Crippen LogP contribution in [0, 0.1) is 22.7 Å². The molecule has 0 aromatic rings. The average molecular weight is 167 g/mol. The molecule has 0 rings (SSSR count). The number of rotatable bonds is 4. The number of allylic oxidation sites excluding steroid dienone is 1. The summed E-state index contributed by atoms with van der Waals surface area (Å²) in [6.07, 6.45) is 0.421. The predicted molar refractivity (Wildman–Crippen MR) is 40.1 cm³/mol. The van der Waals surface area contributed by atoms with Gasteiger partial charge in [0.05, 0.1) is 6.61 Å². The molecule has 0 saturated heterocycles. The molecule has 0 radical (unpaired) electrons. The van der Waals surface area contributed by atoms with Crippen LogP contribution >= 0.6 is 0 Å². The lowest BCUT2D eigenvalue weighted by molar-refractivity contribution is 0.173. The van der Waals surface area contributed by atoms with Crippen molar-refractivity contribution in [3.05, 3.63) is 11.5 Å². The topological polar surface area (TPSA) is 103 Å². The Labute approximate surface area is 70.3 Å². The minimum atomic E-state index is -0.243. The fourth-order valence-corrected chi connectivity index (χ4v) is 0.454. The maximum Gasteiger partial charge on any atom is 0.213 e. The molecule has 0 bridgehead atoms. The average Bonchev–Trinajstić information content (AvgIpc) is 2.07. The summed E-state index contributed by atoms with van der Waals surface area (Å²) < 4.78 is 4.78. The highest BCUT2D eigenvalue weighted by Crippen LogP contribution is 1.97. The largest absolute Gasteiger partial charge is 0.478 e. The fraction of sp³-hybridized carbons (Fsp3) is 0.429. The van der Waals surface area contributed by atoms with E-state index in [9.17, 15) is 0 Å². The van der Waals surface area contributed by atoms with Crippen molar-refractivity contribution in [1.82, 2.24) is 0 Å². The van der Waals surface area contributed by atoms with Gasteiger partial charge in [0.15, 0.2) is 5.57 Å². The summed E-state index contributed by atoms with van der Waals surface area (Å²) in [6, 6.07) is 3.17. The van der Waals surface area contributed by atoms with Gasteiger partial charge in [-0.3, -0.25) is 0 Å². The van der Waals surface area contributed by atoms with Crippen molar-refractivity contribution in [3.63, 3.8) is 0 Å². The van der Waals surface area contributed by atoms with Crippen LogP contribution in [0.4, 0.5) is 0 Å². The van der Waals surface area contributed by atoms with Crippen LogP contribution in [0.2, 0.25) is 0 Å². The molecule has 3 N–H and O–H groups in total. The molecule has 0 unspecified atom stereocenters. The zero-order valence-corrected chi connectivity index (χ0v) is 6.45. The second kappa shape index (κ2) is 6.02. The van der Waals surface area contributed by atoms with Crippen LogP contribution in [0.15, 0.2) is 11.5 Å². The first kappa shape index (κ1) is 10.3. The van der Waals surface area contributed by atoms with E-state index in [2.05, 4.69) is 0 Å². The van der Waals surface area contributed by atoms with Gasteiger partial charge in [-0.05, 0) is 0 Å². The van der Waals surface area contributed by atoms with E-state index in [0.29, 0.717) is 6.42 Å². The summed E-state index contributed by atoms with van der Waals surface area (Å²) >= 11 is 0. The zero-order chi connectivity index (χ0) is 9.40. The van der Waals surface area contributed by atoms with E-state index in [-0.39, 0.29) is 24.7 Å². The number of nitrogens with zero attached hydrogens (tertiary/aromatic N) is 2. The number of aliphatic hydroxyl groups excluding tert-OH is 1. The molecule has 64 valence electrons. The first-order valence-corrected chi connectivity index (χ1v) is 3.29. The van der Waals surface area contributed by atoms with Crippen molar-refractivity contribution in [2.24, 2.45) is 5.73 Å². The molecule has 0 aromatic carbocycles. The standard InChI is InChI=1S/C7H9N3O2/c8-4-6(5-9)7(10)12-3-1-2-11/h11H,1-3,10H2. The van der Waals surface area contributed by atoms with Crippen LogP contribution < -0.4 is 5.73 Å². The van der Waals surface area contributed by atoms with Crippen molar-refractivity contribution in [3.8, 4) is 12.1 Å². The number of hydrogen-bond acceptors (Lipinski definition) is 5. The normalized spacial score (nSPS) is 7.92. The summed E-state index contributed by atoms with van der Waals surface area (Å²) in [5.74, 6) is -0.187. The van der Waals surface area contributed by atoms with Gasteiger partial charge in [-0.1, -0.05) is 0 Å². The molecule has 0 aliphatic rings. The third-order valence-corrected chi connectivity index (χ3v) is 1.03. The third-order valence-electron chi connectivity index (χ3n) is 1.03. The maximum atomic E-state index is 8.37. The van der Waals surface area contributed by atoms with E-state index in [1.54, 1.807) is 12.1 Å². The van der Waals surface area contributed by atoms with Gasteiger partial charge in [-0.25, -0.2) is 0 Å². The van der Waals surface area contributed by atoms with E-state index in [1.807, 2.05) is 0 Å². The molecular formula is C7H9N3O2. The fourth-order valence-electron chi connectivity index (χ4n) is 0.454. The van der Waals surface area contributed by atoms with Gasteiger partial charge >= 0.3 is 0 Å². The number of aliphatic hydroxyl groups is 1. The van der Waals surface area contributed by atoms with Crippen LogP contribution in [-0.4, -0.2) is 18.3 Å². The Morgan fingerprint density at radius 3 is 2.42 bits per heavy atom. The number of nitrogens with two attached hydrogens (primary N) is 1. The van der Waals surface area contributed by atoms with Gasteiger partial charge < -0.3 is 15.6 Å². The molecule has 0 aliphatic carbocycles. The lowest BCUT2D eigenvalue weighted by Crippen LogP contribution is -2.07. The first-order chi connectivity index (χ1) is 5.76. The second-order valence-corrected chi connectivity index (χ2v) is 1.89. The molecule has 0 fully saturated rings. The number of ether oxygens (including phenoxy) is 1. The van der Waals surface area contributed by atoms with Gasteiger partial charge in [0, 0.05) is 13.0 Å². The van der Waals surface area contributed by atoms with Crippen molar-refractivity contribution in [2.75, 3.05) is 13.2 Å². The monoisotopic (exact) mass is 167 g/mol. The summed E-state index contributed by atoms with van der Waals surface area (Å²) in [5.41, 5.74) is 4.97. The van der Waals surface area contributed by atoms with Crippen molar-refractivity contribution < 1.29 is 9.84 Å². The minimum absolute atomic E-state index is 0.0122. The summed E-state index contributed by atoms with van der Waals surface area (Å²) in [7, 11) is 0. The molecule has 12 heavy (non-hydrogen) atoms. The second-order valence-electron chi connectivity index (χ2n) is 1.89. The molecule has 0 aliphatic heterocycles. The van der Waals surface area contributed by atoms with Crippen LogP contribution in [-0.2, 0) is 4.74 Å². The molecule has 5 heteroatoms. The van der Waals surface area contributed by atoms with Crippen molar-refractivity contribution in [2.45, 2.75) is 6.42 Å². The van der Waals surface area contributed by atoms with Crippen LogP contribution in [0.5, 0.6) is 0 Å². The molecule has 0 amide bonds. The van der Waals surface area contributed by atoms with Crippen LogP contribution in [0.3, 0.4) is 0 Å². The van der Waals surface area contributed by atoms with Gasteiger partial charge in [0.2, 0.25) is 5.88 Å². The van der Waals surface area contributed by atoms with E-state index in [0.717, 1.165) is 0 Å². The molecule has 5 nitrogen and oxygen atoms in total. The highest BCUT2D eigenvalue weighted by atomic mass is 16.5. The van der Waals surface area contributed by atoms with Crippen molar-refractivity contribution >= 4 is 0 Å². The van der Waals surface area contributed by atoms with Crippen molar-refractivity contribution in [1.29, 1.82) is 10.5 Å². The quantitative estimate of drug-likeness (QED) is 0.337.